The lowest BCUT2D eigenvalue weighted by Crippen LogP contribution is -2.64. The van der Waals surface area contributed by atoms with Gasteiger partial charge in [-0.15, -0.1) is 0 Å². The van der Waals surface area contributed by atoms with Crippen molar-refractivity contribution in [1.82, 2.24) is 0 Å². The van der Waals surface area contributed by atoms with Gasteiger partial charge < -0.3 is 40.0 Å². The first-order valence-corrected chi connectivity index (χ1v) is 8.10. The molecule has 0 radical (unpaired) electrons. The second kappa shape index (κ2) is 6.05. The summed E-state index contributed by atoms with van der Waals surface area (Å²) < 4.78 is 29.3. The molecular weight excluding hydrogens is 326 g/mol. The molecule has 6 atom stereocenters. The summed E-state index contributed by atoms with van der Waals surface area (Å²) in [6.07, 6.45) is -12.8. The fraction of sp³-hybridized carbons (Fsp3) is 1.00. The van der Waals surface area contributed by atoms with Gasteiger partial charge in [-0.3, -0.25) is 9.05 Å². The summed E-state index contributed by atoms with van der Waals surface area (Å²) in [5, 5.41) is 38.1. The van der Waals surface area contributed by atoms with Gasteiger partial charge in [0.15, 0.2) is 0 Å². The fourth-order valence-electron chi connectivity index (χ4n) is 1.75. The van der Waals surface area contributed by atoms with E-state index in [1.54, 1.807) is 0 Å². The lowest BCUT2D eigenvalue weighted by atomic mass is 9.85. The van der Waals surface area contributed by atoms with Crippen LogP contribution < -0.4 is 0 Å². The number of phosphoric acid groups is 2. The van der Waals surface area contributed by atoms with Gasteiger partial charge in [0.1, 0.15) is 36.6 Å². The normalized spacial score (nSPS) is 39.8. The van der Waals surface area contributed by atoms with Crippen molar-refractivity contribution in [3.63, 3.8) is 0 Å². The van der Waals surface area contributed by atoms with Gasteiger partial charge >= 0.3 is 15.6 Å². The van der Waals surface area contributed by atoms with E-state index in [9.17, 15) is 29.6 Å². The van der Waals surface area contributed by atoms with Crippen LogP contribution in [0.5, 0.6) is 0 Å². The van der Waals surface area contributed by atoms with Crippen LogP contribution in [0.2, 0.25) is 0 Å². The topological polar surface area (TPSA) is 214 Å². The molecule has 14 heteroatoms. The molecule has 0 saturated heterocycles. The quantitative estimate of drug-likeness (QED) is 0.233. The van der Waals surface area contributed by atoms with Crippen LogP contribution in [0.1, 0.15) is 0 Å². The summed E-state index contributed by atoms with van der Waals surface area (Å²) in [6.45, 7) is 0. The fourth-order valence-corrected chi connectivity index (χ4v) is 2.88. The molecule has 0 aliphatic heterocycles. The zero-order valence-electron chi connectivity index (χ0n) is 9.57. The minimum Gasteiger partial charge on any atom is -0.387 e. The van der Waals surface area contributed by atoms with Crippen molar-refractivity contribution in [3.8, 4) is 0 Å². The molecular formula is C6H14O12P2. The Morgan fingerprint density at radius 3 is 0.950 bits per heavy atom. The predicted molar refractivity (Wildman–Crippen MR) is 57.9 cm³/mol. The lowest BCUT2D eigenvalue weighted by Gasteiger charge is -2.42. The smallest absolute Gasteiger partial charge is 0.387 e. The standard InChI is InChI=1S/C6H14O12P2/c7-1-2(8)6(18-20(14,15)16)4(10)3(9)5(1)17-19(11,12)13/h1-10H,(H2,11,12,13)(H2,14,15,16)/t1-,2-,3-,4+,5+,6+/m1/s1. The van der Waals surface area contributed by atoms with Crippen LogP contribution in [0.25, 0.3) is 0 Å². The average molecular weight is 340 g/mol. The van der Waals surface area contributed by atoms with Gasteiger partial charge in [-0.25, -0.2) is 9.13 Å². The number of aliphatic hydroxyl groups excluding tert-OH is 4. The molecule has 0 bridgehead atoms. The molecule has 120 valence electrons. The van der Waals surface area contributed by atoms with Crippen LogP contribution in [-0.2, 0) is 18.2 Å². The SMILES string of the molecule is O=P(O)(O)O[C@H]1[C@H](O)[C@@H](O)[C@H](OP(=O)(O)O)[C@@H](O)[C@H]1O. The van der Waals surface area contributed by atoms with E-state index in [-0.39, 0.29) is 0 Å². The minimum absolute atomic E-state index is 2.09. The molecule has 1 saturated carbocycles. The summed E-state index contributed by atoms with van der Waals surface area (Å²) in [7, 11) is -10.3. The third kappa shape index (κ3) is 4.53. The third-order valence-electron chi connectivity index (χ3n) is 2.56. The van der Waals surface area contributed by atoms with Gasteiger partial charge in [-0.2, -0.15) is 0 Å². The number of hydrogen-bond donors (Lipinski definition) is 8. The van der Waals surface area contributed by atoms with Crippen LogP contribution in [0, 0.1) is 0 Å². The summed E-state index contributed by atoms with van der Waals surface area (Å²) in [4.78, 5) is 34.3. The molecule has 1 aliphatic carbocycles. The van der Waals surface area contributed by atoms with Crippen LogP contribution in [0.15, 0.2) is 0 Å². The molecule has 1 rings (SSSR count). The zero-order chi connectivity index (χ0) is 15.9. The molecule has 20 heavy (non-hydrogen) atoms. The Balaban J connectivity index is 2.96. The first-order chi connectivity index (χ1) is 8.83. The third-order valence-corrected chi connectivity index (χ3v) is 3.60. The van der Waals surface area contributed by atoms with Gasteiger partial charge in [0.2, 0.25) is 0 Å². The summed E-state index contributed by atoms with van der Waals surface area (Å²) in [5.74, 6) is 0. The van der Waals surface area contributed by atoms with E-state index in [1.807, 2.05) is 0 Å². The molecule has 0 aromatic heterocycles. The molecule has 0 heterocycles. The maximum Gasteiger partial charge on any atom is 0.470 e. The number of aliphatic hydroxyl groups is 4. The number of hydrogen-bond acceptors (Lipinski definition) is 8. The van der Waals surface area contributed by atoms with Crippen LogP contribution >= 0.6 is 15.6 Å². The van der Waals surface area contributed by atoms with Crippen molar-refractivity contribution >= 4 is 15.6 Å². The molecule has 0 unspecified atom stereocenters. The van der Waals surface area contributed by atoms with Gasteiger partial charge in [-0.1, -0.05) is 0 Å². The monoisotopic (exact) mass is 340 g/mol. The molecule has 1 fully saturated rings. The maximum absolute atomic E-state index is 10.6. The molecule has 0 spiro atoms. The van der Waals surface area contributed by atoms with Gasteiger partial charge in [0.25, 0.3) is 0 Å². The molecule has 0 amide bonds. The van der Waals surface area contributed by atoms with Crippen molar-refractivity contribution in [2.24, 2.45) is 0 Å². The van der Waals surface area contributed by atoms with Gasteiger partial charge in [-0.05, 0) is 0 Å². The highest BCUT2D eigenvalue weighted by Crippen LogP contribution is 2.45. The van der Waals surface area contributed by atoms with Crippen LogP contribution in [0.3, 0.4) is 0 Å². The first-order valence-electron chi connectivity index (χ1n) is 5.03. The Bertz CT molecular complexity index is 372. The van der Waals surface area contributed by atoms with Crippen molar-refractivity contribution in [1.29, 1.82) is 0 Å². The Kier molecular flexibility index (Phi) is 5.48. The Morgan fingerprint density at radius 1 is 0.600 bits per heavy atom. The number of rotatable bonds is 4. The highest BCUT2D eigenvalue weighted by molar-refractivity contribution is 7.46. The largest absolute Gasteiger partial charge is 0.470 e. The van der Waals surface area contributed by atoms with E-state index in [0.29, 0.717) is 0 Å². The van der Waals surface area contributed by atoms with E-state index in [4.69, 9.17) is 19.6 Å². The predicted octanol–water partition coefficient (Wildman–Crippen LogP) is -3.60. The Morgan fingerprint density at radius 2 is 0.800 bits per heavy atom. The number of phosphoric ester groups is 2. The summed E-state index contributed by atoms with van der Waals surface area (Å²) in [5.41, 5.74) is 0. The van der Waals surface area contributed by atoms with E-state index in [0.717, 1.165) is 0 Å². The van der Waals surface area contributed by atoms with Gasteiger partial charge in [0.05, 0.1) is 0 Å². The highest BCUT2D eigenvalue weighted by atomic mass is 31.2. The van der Waals surface area contributed by atoms with E-state index in [1.165, 1.54) is 0 Å². The zero-order valence-corrected chi connectivity index (χ0v) is 11.4. The van der Waals surface area contributed by atoms with Crippen LogP contribution in [-0.4, -0.2) is 76.6 Å². The van der Waals surface area contributed by atoms with Gasteiger partial charge in [0, 0.05) is 0 Å². The molecule has 12 nitrogen and oxygen atoms in total. The first kappa shape index (κ1) is 18.1. The van der Waals surface area contributed by atoms with E-state index < -0.39 is 52.3 Å². The average Bonchev–Trinajstić information content (AvgIpc) is 2.25. The maximum atomic E-state index is 10.6. The lowest BCUT2D eigenvalue weighted by molar-refractivity contribution is -0.215. The Hall–Kier alpha value is 0.0600. The van der Waals surface area contributed by atoms with E-state index in [2.05, 4.69) is 9.05 Å². The Labute approximate surface area is 111 Å². The summed E-state index contributed by atoms with van der Waals surface area (Å²) in [6, 6.07) is 0. The second-order valence-electron chi connectivity index (χ2n) is 4.08. The van der Waals surface area contributed by atoms with Crippen molar-refractivity contribution in [3.05, 3.63) is 0 Å². The molecule has 8 N–H and O–H groups in total. The molecule has 0 aromatic rings. The molecule has 0 aromatic carbocycles. The van der Waals surface area contributed by atoms with E-state index >= 15 is 0 Å². The van der Waals surface area contributed by atoms with Crippen molar-refractivity contribution in [2.45, 2.75) is 36.6 Å². The molecule has 1 aliphatic rings. The minimum atomic E-state index is -5.16. The summed E-state index contributed by atoms with van der Waals surface area (Å²) >= 11 is 0. The second-order valence-corrected chi connectivity index (χ2v) is 6.47. The van der Waals surface area contributed by atoms with Crippen molar-refractivity contribution < 1.29 is 58.2 Å². The van der Waals surface area contributed by atoms with Crippen molar-refractivity contribution in [2.75, 3.05) is 0 Å². The van der Waals surface area contributed by atoms with Crippen LogP contribution in [0.4, 0.5) is 0 Å². The highest BCUT2D eigenvalue weighted by Gasteiger charge is 2.53.